The fourth-order valence-corrected chi connectivity index (χ4v) is 3.96. The Hall–Kier alpha value is -4.93. The van der Waals surface area contributed by atoms with Crippen LogP contribution in [0.15, 0.2) is 72.8 Å². The van der Waals surface area contributed by atoms with E-state index in [9.17, 15) is 14.4 Å². The molecule has 0 aliphatic heterocycles. The molecule has 3 aromatic carbocycles. The highest BCUT2D eigenvalue weighted by atomic mass is 16.6. The minimum Gasteiger partial charge on any atom is -0.482 e. The lowest BCUT2D eigenvalue weighted by Gasteiger charge is -2.27. The van der Waals surface area contributed by atoms with Gasteiger partial charge in [-0.1, -0.05) is 0 Å². The lowest BCUT2D eigenvalue weighted by atomic mass is 10.2. The molecule has 254 valence electrons. The molecule has 0 radical (unpaired) electrons. The second-order valence-corrected chi connectivity index (χ2v) is 13.6. The van der Waals surface area contributed by atoms with Gasteiger partial charge in [-0.15, -0.1) is 0 Å². The molecule has 11 heteroatoms. The SMILES string of the molecule is CC(C)(C)OC(=O)COc1ccc(NN(c2ccc(OCC(=O)OC(C)(C)C)cc2)c2ccc(OCC(=O)OC(C)(C)C)cc2)cc1. The van der Waals surface area contributed by atoms with Crippen LogP contribution in [0.3, 0.4) is 0 Å². The summed E-state index contributed by atoms with van der Waals surface area (Å²) in [5.74, 6) is 0.123. The largest absolute Gasteiger partial charge is 0.482 e. The van der Waals surface area contributed by atoms with E-state index in [1.807, 2.05) is 41.4 Å². The fraction of sp³-hybridized carbons (Fsp3) is 0.417. The lowest BCUT2D eigenvalue weighted by molar-refractivity contribution is -0.158. The highest BCUT2D eigenvalue weighted by Gasteiger charge is 2.19. The van der Waals surface area contributed by atoms with Crippen molar-refractivity contribution >= 4 is 35.0 Å². The van der Waals surface area contributed by atoms with E-state index in [1.54, 1.807) is 98.7 Å². The smallest absolute Gasteiger partial charge is 0.344 e. The van der Waals surface area contributed by atoms with Crippen LogP contribution in [0.5, 0.6) is 17.2 Å². The van der Waals surface area contributed by atoms with Gasteiger partial charge in [0, 0.05) is 0 Å². The first kappa shape index (κ1) is 36.5. The maximum Gasteiger partial charge on any atom is 0.344 e. The Labute approximate surface area is 277 Å². The van der Waals surface area contributed by atoms with Crippen LogP contribution in [0.2, 0.25) is 0 Å². The Bertz CT molecular complexity index is 1390. The van der Waals surface area contributed by atoms with Gasteiger partial charge in [0.15, 0.2) is 19.8 Å². The average molecular weight is 651 g/mol. The molecular weight excluding hydrogens is 604 g/mol. The van der Waals surface area contributed by atoms with Crippen LogP contribution in [0.25, 0.3) is 0 Å². The molecule has 3 aromatic rings. The van der Waals surface area contributed by atoms with Crippen molar-refractivity contribution in [3.05, 3.63) is 72.8 Å². The summed E-state index contributed by atoms with van der Waals surface area (Å²) >= 11 is 0. The van der Waals surface area contributed by atoms with E-state index < -0.39 is 34.7 Å². The van der Waals surface area contributed by atoms with Gasteiger partial charge in [0.25, 0.3) is 0 Å². The molecule has 47 heavy (non-hydrogen) atoms. The Balaban J connectivity index is 1.75. The van der Waals surface area contributed by atoms with Crippen LogP contribution >= 0.6 is 0 Å². The summed E-state index contributed by atoms with van der Waals surface area (Å²) in [6.07, 6.45) is 0. The molecule has 0 atom stereocenters. The number of benzene rings is 3. The topological polar surface area (TPSA) is 122 Å². The third-order valence-corrected chi connectivity index (χ3v) is 5.62. The fourth-order valence-electron chi connectivity index (χ4n) is 3.96. The van der Waals surface area contributed by atoms with Crippen LogP contribution < -0.4 is 24.6 Å². The predicted molar refractivity (Wildman–Crippen MR) is 179 cm³/mol. The maximum absolute atomic E-state index is 12.1. The van der Waals surface area contributed by atoms with E-state index >= 15 is 0 Å². The Kier molecular flexibility index (Phi) is 12.1. The minimum atomic E-state index is -0.602. The van der Waals surface area contributed by atoms with E-state index in [0.29, 0.717) is 17.2 Å². The van der Waals surface area contributed by atoms with Gasteiger partial charge < -0.3 is 28.4 Å². The first-order valence-corrected chi connectivity index (χ1v) is 15.3. The van der Waals surface area contributed by atoms with Crippen LogP contribution in [0, 0.1) is 0 Å². The molecule has 0 unspecified atom stereocenters. The van der Waals surface area contributed by atoms with Crippen molar-refractivity contribution in [2.75, 3.05) is 30.3 Å². The van der Waals surface area contributed by atoms with E-state index in [2.05, 4.69) is 5.43 Å². The van der Waals surface area contributed by atoms with Gasteiger partial charge in [0.2, 0.25) is 0 Å². The Morgan fingerprint density at radius 3 is 1.04 bits per heavy atom. The van der Waals surface area contributed by atoms with Gasteiger partial charge in [-0.3, -0.25) is 10.4 Å². The van der Waals surface area contributed by atoms with Gasteiger partial charge in [-0.25, -0.2) is 14.4 Å². The zero-order valence-electron chi connectivity index (χ0n) is 28.7. The highest BCUT2D eigenvalue weighted by molar-refractivity contribution is 5.73. The lowest BCUT2D eigenvalue weighted by Crippen LogP contribution is -2.27. The Morgan fingerprint density at radius 1 is 0.489 bits per heavy atom. The Morgan fingerprint density at radius 2 is 0.766 bits per heavy atom. The first-order chi connectivity index (χ1) is 21.8. The number of hydrazine groups is 1. The standard InChI is InChI=1S/C36H46N2O9/c1-34(2,3)45-31(39)22-42-28-16-10-25(11-17-28)37-38(26-12-18-29(19-13-26)43-23-32(40)46-35(4,5)6)27-14-20-30(21-15-27)44-24-33(41)47-36(7,8)9/h10-21,37H,22-24H2,1-9H3. The molecule has 3 rings (SSSR count). The minimum absolute atomic E-state index is 0.207. The van der Waals surface area contributed by atoms with E-state index in [1.165, 1.54) is 0 Å². The number of ether oxygens (including phenoxy) is 6. The predicted octanol–water partition coefficient (Wildman–Crippen LogP) is 7.01. The van der Waals surface area contributed by atoms with Crippen molar-refractivity contribution in [1.29, 1.82) is 0 Å². The molecule has 0 aliphatic carbocycles. The average Bonchev–Trinajstić information content (AvgIpc) is 2.95. The van der Waals surface area contributed by atoms with Crippen molar-refractivity contribution in [1.82, 2.24) is 0 Å². The summed E-state index contributed by atoms with van der Waals surface area (Å²) in [4.78, 5) is 36.2. The number of carbonyl (C=O) groups excluding carboxylic acids is 3. The summed E-state index contributed by atoms with van der Waals surface area (Å²) in [6.45, 7) is 15.5. The van der Waals surface area contributed by atoms with Crippen molar-refractivity contribution < 1.29 is 42.8 Å². The summed E-state index contributed by atoms with van der Waals surface area (Å²) in [5, 5.41) is 1.84. The van der Waals surface area contributed by atoms with Gasteiger partial charge >= 0.3 is 17.9 Å². The number of carbonyl (C=O) groups is 3. The molecule has 0 heterocycles. The number of esters is 3. The number of hydrogen-bond acceptors (Lipinski definition) is 11. The summed E-state index contributed by atoms with van der Waals surface area (Å²) < 4.78 is 32.8. The molecule has 0 spiro atoms. The van der Waals surface area contributed by atoms with E-state index in [-0.39, 0.29) is 19.8 Å². The summed E-state index contributed by atoms with van der Waals surface area (Å²) in [7, 11) is 0. The molecule has 1 N–H and O–H groups in total. The van der Waals surface area contributed by atoms with Crippen LogP contribution in [0.4, 0.5) is 17.1 Å². The van der Waals surface area contributed by atoms with Gasteiger partial charge in [-0.2, -0.15) is 0 Å². The molecular formula is C36H46N2O9. The summed E-state index contributed by atoms with van der Waals surface area (Å²) in [6, 6.07) is 21.5. The molecule has 0 amide bonds. The second-order valence-electron chi connectivity index (χ2n) is 13.6. The zero-order chi connectivity index (χ0) is 34.8. The van der Waals surface area contributed by atoms with Crippen LogP contribution in [-0.4, -0.2) is 54.5 Å². The molecule has 0 saturated heterocycles. The van der Waals surface area contributed by atoms with Crippen molar-refractivity contribution in [2.45, 2.75) is 79.1 Å². The molecule has 0 aromatic heterocycles. The monoisotopic (exact) mass is 650 g/mol. The number of nitrogens with zero attached hydrogens (tertiary/aromatic N) is 1. The number of hydrogen-bond donors (Lipinski definition) is 1. The molecule has 0 saturated carbocycles. The number of anilines is 3. The van der Waals surface area contributed by atoms with Crippen LogP contribution in [-0.2, 0) is 28.6 Å². The van der Waals surface area contributed by atoms with E-state index in [4.69, 9.17) is 28.4 Å². The summed E-state index contributed by atoms with van der Waals surface area (Å²) in [5.41, 5.74) is 3.81. The maximum atomic E-state index is 12.1. The van der Waals surface area contributed by atoms with Gasteiger partial charge in [0.1, 0.15) is 34.1 Å². The van der Waals surface area contributed by atoms with Gasteiger partial charge in [0.05, 0.1) is 17.1 Å². The molecule has 0 aliphatic rings. The molecule has 0 fully saturated rings. The third kappa shape index (κ3) is 13.9. The highest BCUT2D eigenvalue weighted by Crippen LogP contribution is 2.30. The van der Waals surface area contributed by atoms with Crippen molar-refractivity contribution in [2.24, 2.45) is 0 Å². The van der Waals surface area contributed by atoms with Crippen molar-refractivity contribution in [3.63, 3.8) is 0 Å². The first-order valence-electron chi connectivity index (χ1n) is 15.3. The van der Waals surface area contributed by atoms with Crippen molar-refractivity contribution in [3.8, 4) is 17.2 Å². The van der Waals surface area contributed by atoms with Gasteiger partial charge in [-0.05, 0) is 135 Å². The zero-order valence-corrected chi connectivity index (χ0v) is 28.7. The number of rotatable bonds is 13. The third-order valence-electron chi connectivity index (χ3n) is 5.62. The number of nitrogens with one attached hydrogen (secondary N) is 1. The normalized spacial score (nSPS) is 11.6. The molecule has 11 nitrogen and oxygen atoms in total. The quantitative estimate of drug-likeness (QED) is 0.117. The van der Waals surface area contributed by atoms with E-state index in [0.717, 1.165) is 17.1 Å². The molecule has 0 bridgehead atoms. The van der Waals surface area contributed by atoms with Crippen LogP contribution in [0.1, 0.15) is 62.3 Å². The second kappa shape index (κ2) is 15.6.